The van der Waals surface area contributed by atoms with Crippen LogP contribution >= 0.6 is 0 Å². The molecule has 0 aromatic heterocycles. The van der Waals surface area contributed by atoms with Crippen molar-refractivity contribution < 1.29 is 17.6 Å². The Morgan fingerprint density at radius 3 is 2.20 bits per heavy atom. The summed E-state index contributed by atoms with van der Waals surface area (Å²) >= 11 is 0. The topological polar surface area (TPSA) is 38.0 Å². The van der Waals surface area contributed by atoms with Crippen LogP contribution in [0.4, 0.5) is 34.6 Å². The molecule has 2 aromatic carbocycles. The van der Waals surface area contributed by atoms with Crippen LogP contribution in [0.1, 0.15) is 11.1 Å². The van der Waals surface area contributed by atoms with Crippen molar-refractivity contribution in [2.75, 3.05) is 11.1 Å². The lowest BCUT2D eigenvalue weighted by atomic mass is 10.1. The highest BCUT2D eigenvalue weighted by Gasteiger charge is 2.29. The molecule has 0 aliphatic heterocycles. The number of halogens is 4. The smallest absolute Gasteiger partial charge is 0.397 e. The van der Waals surface area contributed by atoms with Gasteiger partial charge in [0.25, 0.3) is 0 Å². The van der Waals surface area contributed by atoms with Crippen LogP contribution in [0.25, 0.3) is 0 Å². The SMILES string of the molecule is Cc1cc(Nc2ccc(C(F)(F)F)cc2)c(N)cc1F. The Kier molecular flexibility index (Phi) is 3.57. The minimum absolute atomic E-state index is 0.188. The molecule has 0 amide bonds. The molecule has 0 saturated carbocycles. The maximum absolute atomic E-state index is 13.2. The van der Waals surface area contributed by atoms with E-state index < -0.39 is 17.6 Å². The van der Waals surface area contributed by atoms with Gasteiger partial charge in [-0.25, -0.2) is 4.39 Å². The van der Waals surface area contributed by atoms with E-state index >= 15 is 0 Å². The van der Waals surface area contributed by atoms with E-state index in [0.29, 0.717) is 16.9 Å². The molecule has 0 bridgehead atoms. The first kappa shape index (κ1) is 14.2. The molecule has 0 aliphatic carbocycles. The predicted molar refractivity (Wildman–Crippen MR) is 70.3 cm³/mol. The third-order valence-electron chi connectivity index (χ3n) is 2.82. The van der Waals surface area contributed by atoms with Gasteiger partial charge in [0.1, 0.15) is 5.82 Å². The van der Waals surface area contributed by atoms with Gasteiger partial charge >= 0.3 is 6.18 Å². The molecule has 0 spiro atoms. The first-order chi connectivity index (χ1) is 9.27. The van der Waals surface area contributed by atoms with Crippen LogP contribution in [-0.4, -0.2) is 0 Å². The van der Waals surface area contributed by atoms with Crippen LogP contribution in [0.2, 0.25) is 0 Å². The van der Waals surface area contributed by atoms with Crippen molar-refractivity contribution in [2.45, 2.75) is 13.1 Å². The van der Waals surface area contributed by atoms with Crippen molar-refractivity contribution >= 4 is 17.1 Å². The number of hydrogen-bond acceptors (Lipinski definition) is 2. The lowest BCUT2D eigenvalue weighted by molar-refractivity contribution is -0.137. The highest BCUT2D eigenvalue weighted by molar-refractivity contribution is 5.73. The monoisotopic (exact) mass is 284 g/mol. The molecule has 0 saturated heterocycles. The molecule has 2 nitrogen and oxygen atoms in total. The molecular weight excluding hydrogens is 272 g/mol. The summed E-state index contributed by atoms with van der Waals surface area (Å²) in [6.45, 7) is 1.58. The second-order valence-electron chi connectivity index (χ2n) is 4.39. The number of anilines is 3. The standard InChI is InChI=1S/C14H12F4N2/c1-8-6-13(12(19)7-11(8)15)20-10-4-2-9(3-5-10)14(16,17)18/h2-7,20H,19H2,1H3. The van der Waals surface area contributed by atoms with Gasteiger partial charge in [0.15, 0.2) is 0 Å². The molecule has 0 radical (unpaired) electrons. The van der Waals surface area contributed by atoms with Crippen molar-refractivity contribution in [3.8, 4) is 0 Å². The van der Waals surface area contributed by atoms with Crippen LogP contribution in [0, 0.1) is 12.7 Å². The van der Waals surface area contributed by atoms with Crippen LogP contribution in [-0.2, 0) is 6.18 Å². The van der Waals surface area contributed by atoms with Crippen molar-refractivity contribution in [2.24, 2.45) is 0 Å². The van der Waals surface area contributed by atoms with E-state index in [1.807, 2.05) is 0 Å². The molecule has 0 fully saturated rings. The summed E-state index contributed by atoms with van der Waals surface area (Å²) in [4.78, 5) is 0. The molecular formula is C14H12F4N2. The molecule has 3 N–H and O–H groups in total. The fraction of sp³-hybridized carbons (Fsp3) is 0.143. The number of alkyl halides is 3. The van der Waals surface area contributed by atoms with E-state index in [0.717, 1.165) is 12.1 Å². The third-order valence-corrected chi connectivity index (χ3v) is 2.82. The molecule has 106 valence electrons. The molecule has 2 aromatic rings. The first-order valence-corrected chi connectivity index (χ1v) is 5.77. The van der Waals surface area contributed by atoms with E-state index in [1.54, 1.807) is 6.92 Å². The van der Waals surface area contributed by atoms with Crippen LogP contribution in [0.5, 0.6) is 0 Å². The normalized spacial score (nSPS) is 11.4. The molecule has 0 unspecified atom stereocenters. The second-order valence-corrected chi connectivity index (χ2v) is 4.39. The van der Waals surface area contributed by atoms with Gasteiger partial charge in [-0.15, -0.1) is 0 Å². The number of aryl methyl sites for hydroxylation is 1. The highest BCUT2D eigenvalue weighted by Crippen LogP contribution is 2.31. The average molecular weight is 284 g/mol. The van der Waals surface area contributed by atoms with E-state index in [9.17, 15) is 17.6 Å². The Hall–Kier alpha value is -2.24. The molecule has 2 rings (SSSR count). The number of rotatable bonds is 2. The minimum atomic E-state index is -4.37. The Labute approximate surface area is 113 Å². The maximum atomic E-state index is 13.2. The predicted octanol–water partition coefficient (Wildman–Crippen LogP) is 4.48. The number of nitrogen functional groups attached to an aromatic ring is 1. The zero-order valence-corrected chi connectivity index (χ0v) is 10.6. The summed E-state index contributed by atoms with van der Waals surface area (Å²) in [6.07, 6.45) is -4.37. The summed E-state index contributed by atoms with van der Waals surface area (Å²) < 4.78 is 50.5. The maximum Gasteiger partial charge on any atom is 0.416 e. The van der Waals surface area contributed by atoms with Gasteiger partial charge in [-0.2, -0.15) is 13.2 Å². The van der Waals surface area contributed by atoms with Crippen molar-refractivity contribution in [3.63, 3.8) is 0 Å². The number of nitrogens with one attached hydrogen (secondary N) is 1. The summed E-state index contributed by atoms with van der Waals surface area (Å²) in [5.74, 6) is -0.430. The Morgan fingerprint density at radius 1 is 1.05 bits per heavy atom. The van der Waals surface area contributed by atoms with E-state index in [1.165, 1.54) is 24.3 Å². The second kappa shape index (κ2) is 5.03. The van der Waals surface area contributed by atoms with Crippen molar-refractivity contribution in [1.29, 1.82) is 0 Å². The first-order valence-electron chi connectivity index (χ1n) is 5.77. The van der Waals surface area contributed by atoms with Gasteiger partial charge in [0.2, 0.25) is 0 Å². The van der Waals surface area contributed by atoms with Gasteiger partial charge in [-0.1, -0.05) is 0 Å². The zero-order chi connectivity index (χ0) is 14.9. The van der Waals surface area contributed by atoms with Gasteiger partial charge < -0.3 is 11.1 Å². The molecule has 0 heterocycles. The molecule has 6 heteroatoms. The Morgan fingerprint density at radius 2 is 1.65 bits per heavy atom. The van der Waals surface area contributed by atoms with Gasteiger partial charge in [0, 0.05) is 5.69 Å². The van der Waals surface area contributed by atoms with Gasteiger partial charge in [-0.05, 0) is 48.9 Å². The van der Waals surface area contributed by atoms with Crippen molar-refractivity contribution in [3.05, 3.63) is 53.3 Å². The number of benzene rings is 2. The fourth-order valence-electron chi connectivity index (χ4n) is 1.70. The fourth-order valence-corrected chi connectivity index (χ4v) is 1.70. The van der Waals surface area contributed by atoms with Crippen LogP contribution in [0.15, 0.2) is 36.4 Å². The van der Waals surface area contributed by atoms with Crippen LogP contribution in [0.3, 0.4) is 0 Å². The summed E-state index contributed by atoms with van der Waals surface area (Å²) in [6, 6.07) is 7.19. The van der Waals surface area contributed by atoms with Crippen molar-refractivity contribution in [1.82, 2.24) is 0 Å². The zero-order valence-electron chi connectivity index (χ0n) is 10.6. The van der Waals surface area contributed by atoms with Gasteiger partial charge in [-0.3, -0.25) is 0 Å². The number of nitrogens with two attached hydrogens (primary N) is 1. The molecule has 20 heavy (non-hydrogen) atoms. The van der Waals surface area contributed by atoms with E-state index in [4.69, 9.17) is 5.73 Å². The minimum Gasteiger partial charge on any atom is -0.397 e. The largest absolute Gasteiger partial charge is 0.416 e. The van der Waals surface area contributed by atoms with Gasteiger partial charge in [0.05, 0.1) is 16.9 Å². The highest BCUT2D eigenvalue weighted by atomic mass is 19.4. The molecule has 0 atom stereocenters. The van der Waals surface area contributed by atoms with Crippen LogP contribution < -0.4 is 11.1 Å². The summed E-state index contributed by atoms with van der Waals surface area (Å²) in [5.41, 5.74) is 6.40. The lowest BCUT2D eigenvalue weighted by Gasteiger charge is -2.12. The summed E-state index contributed by atoms with van der Waals surface area (Å²) in [5, 5.41) is 2.86. The quantitative estimate of drug-likeness (QED) is 0.630. The summed E-state index contributed by atoms with van der Waals surface area (Å²) in [7, 11) is 0. The number of hydrogen-bond donors (Lipinski definition) is 2. The van der Waals surface area contributed by atoms with E-state index in [-0.39, 0.29) is 5.69 Å². The molecule has 0 aliphatic rings. The Balaban J connectivity index is 2.25. The third kappa shape index (κ3) is 3.01. The van der Waals surface area contributed by atoms with E-state index in [2.05, 4.69) is 5.32 Å². The Bertz CT molecular complexity index is 618. The average Bonchev–Trinajstić information content (AvgIpc) is 2.35. The lowest BCUT2D eigenvalue weighted by Crippen LogP contribution is -2.04.